The van der Waals surface area contributed by atoms with Gasteiger partial charge in [-0.1, -0.05) is 30.3 Å². The van der Waals surface area contributed by atoms with Gasteiger partial charge in [0, 0.05) is 44.6 Å². The highest BCUT2D eigenvalue weighted by Gasteiger charge is 2.19. The highest BCUT2D eigenvalue weighted by Crippen LogP contribution is 2.20. The lowest BCUT2D eigenvalue weighted by Gasteiger charge is -2.36. The van der Waals surface area contributed by atoms with Crippen LogP contribution in [-0.2, 0) is 6.42 Å². The van der Waals surface area contributed by atoms with E-state index < -0.39 is 0 Å². The molecule has 4 rings (SSSR count). The number of anilines is 3. The van der Waals surface area contributed by atoms with Crippen LogP contribution in [0.15, 0.2) is 60.8 Å². The molecule has 29 heavy (non-hydrogen) atoms. The number of hydrogen-bond acceptors (Lipinski definition) is 5. The summed E-state index contributed by atoms with van der Waals surface area (Å²) < 4.78 is 13.7. The van der Waals surface area contributed by atoms with Crippen molar-refractivity contribution in [1.82, 2.24) is 9.97 Å². The van der Waals surface area contributed by atoms with Crippen molar-refractivity contribution in [1.29, 1.82) is 0 Å². The first-order valence-corrected chi connectivity index (χ1v) is 10.1. The highest BCUT2D eigenvalue weighted by atomic mass is 19.1. The van der Waals surface area contributed by atoms with Gasteiger partial charge in [-0.3, -0.25) is 0 Å². The van der Waals surface area contributed by atoms with Crippen LogP contribution in [0.2, 0.25) is 0 Å². The molecule has 5 nitrogen and oxygen atoms in total. The van der Waals surface area contributed by atoms with Gasteiger partial charge >= 0.3 is 0 Å². The summed E-state index contributed by atoms with van der Waals surface area (Å²) in [6.45, 7) is 6.39. The van der Waals surface area contributed by atoms with E-state index in [1.807, 2.05) is 18.2 Å². The quantitative estimate of drug-likeness (QED) is 0.690. The van der Waals surface area contributed by atoms with Gasteiger partial charge in [-0.2, -0.15) is 4.98 Å². The highest BCUT2D eigenvalue weighted by molar-refractivity contribution is 5.50. The fourth-order valence-electron chi connectivity index (χ4n) is 3.61. The van der Waals surface area contributed by atoms with E-state index in [9.17, 15) is 4.39 Å². The Morgan fingerprint density at radius 1 is 0.966 bits per heavy atom. The molecule has 0 spiro atoms. The van der Waals surface area contributed by atoms with E-state index in [0.717, 1.165) is 37.9 Å². The molecule has 0 saturated carbocycles. The Kier molecular flexibility index (Phi) is 5.89. The van der Waals surface area contributed by atoms with E-state index >= 15 is 0 Å². The van der Waals surface area contributed by atoms with E-state index in [4.69, 9.17) is 0 Å². The largest absolute Gasteiger partial charge is 0.370 e. The third-order valence-electron chi connectivity index (χ3n) is 5.23. The van der Waals surface area contributed by atoms with Gasteiger partial charge in [0.2, 0.25) is 5.95 Å². The topological polar surface area (TPSA) is 44.3 Å². The average molecular weight is 391 g/mol. The van der Waals surface area contributed by atoms with Crippen LogP contribution in [-0.4, -0.2) is 42.7 Å². The number of aryl methyl sites for hydroxylation is 1. The Hall–Kier alpha value is -3.15. The van der Waals surface area contributed by atoms with E-state index in [1.54, 1.807) is 12.3 Å². The van der Waals surface area contributed by atoms with Gasteiger partial charge in [-0.15, -0.1) is 0 Å². The third-order valence-corrected chi connectivity index (χ3v) is 5.23. The predicted molar refractivity (Wildman–Crippen MR) is 116 cm³/mol. The maximum Gasteiger partial charge on any atom is 0.227 e. The Balaban J connectivity index is 1.32. The second kappa shape index (κ2) is 8.90. The fourth-order valence-corrected chi connectivity index (χ4v) is 3.61. The van der Waals surface area contributed by atoms with Crippen LogP contribution in [0.4, 0.5) is 21.8 Å². The number of nitrogens with one attached hydrogen (secondary N) is 1. The summed E-state index contributed by atoms with van der Waals surface area (Å²) in [6, 6.07) is 17.4. The van der Waals surface area contributed by atoms with Gasteiger partial charge in [0.1, 0.15) is 11.6 Å². The number of hydrogen-bond donors (Lipinski definition) is 1. The maximum absolute atomic E-state index is 13.7. The normalized spacial score (nSPS) is 14.1. The lowest BCUT2D eigenvalue weighted by molar-refractivity contribution is 0.610. The van der Waals surface area contributed by atoms with Crippen molar-refractivity contribution in [2.75, 3.05) is 47.8 Å². The SMILES string of the molecule is Cc1cccc(N2CCN(c3nccc(NCCc4ccccc4F)n3)CC2)c1. The second-order valence-corrected chi connectivity index (χ2v) is 7.32. The second-order valence-electron chi connectivity index (χ2n) is 7.32. The molecule has 1 fully saturated rings. The Bertz CT molecular complexity index is 953. The fraction of sp³-hybridized carbons (Fsp3) is 0.304. The van der Waals surface area contributed by atoms with Crippen molar-refractivity contribution in [3.05, 3.63) is 77.7 Å². The molecular formula is C23H26FN5. The van der Waals surface area contributed by atoms with Crippen molar-refractivity contribution in [3.8, 4) is 0 Å². The summed E-state index contributed by atoms with van der Waals surface area (Å²) in [5.41, 5.74) is 3.26. The summed E-state index contributed by atoms with van der Waals surface area (Å²) in [5, 5.41) is 3.29. The number of piperazine rings is 1. The lowest BCUT2D eigenvalue weighted by atomic mass is 10.1. The lowest BCUT2D eigenvalue weighted by Crippen LogP contribution is -2.47. The molecule has 1 aromatic heterocycles. The van der Waals surface area contributed by atoms with Crippen LogP contribution in [0.5, 0.6) is 0 Å². The molecule has 2 aromatic carbocycles. The number of nitrogens with zero attached hydrogens (tertiary/aromatic N) is 4. The molecule has 6 heteroatoms. The van der Waals surface area contributed by atoms with Crippen molar-refractivity contribution < 1.29 is 4.39 Å². The zero-order valence-corrected chi connectivity index (χ0v) is 16.7. The number of aromatic nitrogens is 2. The minimum Gasteiger partial charge on any atom is -0.370 e. The molecule has 1 N–H and O–H groups in total. The van der Waals surface area contributed by atoms with E-state index in [-0.39, 0.29) is 5.82 Å². The molecule has 3 aromatic rings. The molecule has 2 heterocycles. The summed E-state index contributed by atoms with van der Waals surface area (Å²) in [6.07, 6.45) is 2.39. The Morgan fingerprint density at radius 2 is 1.76 bits per heavy atom. The Morgan fingerprint density at radius 3 is 2.55 bits per heavy atom. The summed E-state index contributed by atoms with van der Waals surface area (Å²) >= 11 is 0. The molecule has 0 unspecified atom stereocenters. The van der Waals surface area contributed by atoms with E-state index in [2.05, 4.69) is 56.3 Å². The van der Waals surface area contributed by atoms with E-state index in [1.165, 1.54) is 17.3 Å². The van der Waals surface area contributed by atoms with Gasteiger partial charge in [-0.05, 0) is 48.7 Å². The first-order chi connectivity index (χ1) is 14.2. The zero-order chi connectivity index (χ0) is 20.1. The van der Waals surface area contributed by atoms with Gasteiger partial charge in [-0.25, -0.2) is 9.37 Å². The van der Waals surface area contributed by atoms with Gasteiger partial charge in [0.05, 0.1) is 0 Å². The van der Waals surface area contributed by atoms with Gasteiger partial charge in [0.15, 0.2) is 0 Å². The van der Waals surface area contributed by atoms with Crippen molar-refractivity contribution >= 4 is 17.5 Å². The first kappa shape index (κ1) is 19.2. The number of halogens is 1. The molecule has 150 valence electrons. The van der Waals surface area contributed by atoms with Crippen LogP contribution in [0, 0.1) is 12.7 Å². The van der Waals surface area contributed by atoms with Crippen LogP contribution in [0.25, 0.3) is 0 Å². The number of rotatable bonds is 6. The molecular weight excluding hydrogens is 365 g/mol. The van der Waals surface area contributed by atoms with Gasteiger partial charge in [0.25, 0.3) is 0 Å². The van der Waals surface area contributed by atoms with Crippen molar-refractivity contribution in [2.45, 2.75) is 13.3 Å². The summed E-state index contributed by atoms with van der Waals surface area (Å²) in [7, 11) is 0. The minimum absolute atomic E-state index is 0.163. The van der Waals surface area contributed by atoms with Crippen LogP contribution < -0.4 is 15.1 Å². The molecule has 0 atom stereocenters. The van der Waals surface area contributed by atoms with Gasteiger partial charge < -0.3 is 15.1 Å². The van der Waals surface area contributed by atoms with Crippen LogP contribution in [0.1, 0.15) is 11.1 Å². The predicted octanol–water partition coefficient (Wildman–Crippen LogP) is 3.91. The Labute approximate surface area is 171 Å². The number of benzene rings is 2. The monoisotopic (exact) mass is 391 g/mol. The molecule has 0 amide bonds. The van der Waals surface area contributed by atoms with Crippen molar-refractivity contribution in [2.24, 2.45) is 0 Å². The molecule has 1 saturated heterocycles. The molecule has 0 radical (unpaired) electrons. The first-order valence-electron chi connectivity index (χ1n) is 10.1. The molecule has 0 bridgehead atoms. The summed E-state index contributed by atoms with van der Waals surface area (Å²) in [5.74, 6) is 1.35. The molecule has 1 aliphatic heterocycles. The maximum atomic E-state index is 13.7. The van der Waals surface area contributed by atoms with Crippen LogP contribution in [0.3, 0.4) is 0 Å². The molecule has 0 aliphatic carbocycles. The van der Waals surface area contributed by atoms with Crippen molar-refractivity contribution in [3.63, 3.8) is 0 Å². The smallest absolute Gasteiger partial charge is 0.227 e. The zero-order valence-electron chi connectivity index (χ0n) is 16.7. The van der Waals surface area contributed by atoms with Crippen LogP contribution >= 0.6 is 0 Å². The summed E-state index contributed by atoms with van der Waals surface area (Å²) in [4.78, 5) is 13.7. The third kappa shape index (κ3) is 4.83. The van der Waals surface area contributed by atoms with E-state index in [0.29, 0.717) is 18.5 Å². The standard InChI is InChI=1S/C23H26FN5/c1-18-5-4-7-20(17-18)28-13-15-29(16-14-28)23-26-12-10-22(27-23)25-11-9-19-6-2-3-8-21(19)24/h2-8,10,12,17H,9,11,13-16H2,1H3,(H,25,26,27). The minimum atomic E-state index is -0.163. The average Bonchev–Trinajstić information content (AvgIpc) is 2.75. The molecule has 1 aliphatic rings.